The van der Waals surface area contributed by atoms with Gasteiger partial charge in [-0.25, -0.2) is 42.9 Å². The number of esters is 7. The van der Waals surface area contributed by atoms with Crippen LogP contribution >= 0.6 is 22.7 Å². The van der Waals surface area contributed by atoms with Gasteiger partial charge in [-0.15, -0.1) is 22.7 Å². The number of fused-ring (bicyclic) bond motifs is 5. The molecule has 0 saturated carbocycles. The molecule has 13 rings (SSSR count). The normalized spacial score (nSPS) is 17.3. The highest BCUT2D eigenvalue weighted by Gasteiger charge is 2.39. The molecule has 8 atom stereocenters. The number of Topliss-reactive ketones (excluding diaryl/α,β-unsaturated/α-hetero) is 4. The molecule has 7 aromatic rings. The van der Waals surface area contributed by atoms with Crippen molar-refractivity contribution in [2.45, 2.75) is 193 Å². The van der Waals surface area contributed by atoms with E-state index in [4.69, 9.17) is 4.74 Å². The number of aromatic nitrogens is 1. The Morgan fingerprint density at radius 3 is 1.56 bits per heavy atom. The molecular weight excluding hydrogens is 1950 g/mol. The maximum absolute atomic E-state index is 13.4. The molecule has 6 aliphatic rings. The number of ether oxygens (including phenoxy) is 8. The summed E-state index contributed by atoms with van der Waals surface area (Å²) in [6.45, 7) is 17.2. The Morgan fingerprint density at radius 1 is 0.517 bits per heavy atom. The number of ketones is 4. The Hall–Kier alpha value is -14.8. The number of thiophene rings is 1. The topological polar surface area (TPSA) is 444 Å². The lowest BCUT2D eigenvalue weighted by Crippen LogP contribution is -2.46. The molecule has 149 heavy (non-hydrogen) atoms. The summed E-state index contributed by atoms with van der Waals surface area (Å²) < 4.78 is 50.2. The lowest BCUT2D eigenvalue weighted by molar-refractivity contribution is -0.135. The number of benzene rings is 5. The van der Waals surface area contributed by atoms with Gasteiger partial charge in [-0.1, -0.05) is 168 Å². The minimum atomic E-state index is -0.696. The number of carbonyl (C=O) groups excluding carboxylic acids is 17. The van der Waals surface area contributed by atoms with Crippen LogP contribution in [-0.2, 0) is 137 Å². The molecule has 3 aliphatic heterocycles. The van der Waals surface area contributed by atoms with E-state index < -0.39 is 53.5 Å². The fourth-order valence-corrected chi connectivity index (χ4v) is 18.8. The van der Waals surface area contributed by atoms with E-state index in [1.54, 1.807) is 47.4 Å². The Labute approximate surface area is 876 Å². The molecule has 5 N–H and O–H groups in total. The molecule has 0 spiro atoms. The monoisotopic (exact) mass is 2090 g/mol. The molecule has 1 saturated heterocycles. The van der Waals surface area contributed by atoms with E-state index in [9.17, 15) is 85.9 Å². The molecule has 8 unspecified atom stereocenters. The number of hydrogen-bond acceptors (Lipinski definition) is 29. The second kappa shape index (κ2) is 63.7. The smallest absolute Gasteiger partial charge is 0.330 e. The number of aryl methyl sites for hydroxylation is 2. The van der Waals surface area contributed by atoms with E-state index in [0.29, 0.717) is 95.8 Å². The summed E-state index contributed by atoms with van der Waals surface area (Å²) >= 11 is 2.86. The van der Waals surface area contributed by atoms with Gasteiger partial charge in [-0.05, 0) is 164 Å². The number of likely N-dealkylation sites (N-methyl/N-ethyl adjacent to an activating group) is 1. The van der Waals surface area contributed by atoms with E-state index in [1.165, 1.54) is 173 Å². The van der Waals surface area contributed by atoms with Gasteiger partial charge in [-0.2, -0.15) is 0 Å². The second-order valence-electron chi connectivity index (χ2n) is 35.5. The second-order valence-corrected chi connectivity index (χ2v) is 37.6. The molecule has 3 aliphatic carbocycles. The molecule has 33 nitrogen and oxygen atoms in total. The first-order valence-corrected chi connectivity index (χ1v) is 50.6. The van der Waals surface area contributed by atoms with Crippen LogP contribution < -0.4 is 26.6 Å². The number of allylic oxidation sites excluding steroid dienone is 2. The highest BCUT2D eigenvalue weighted by molar-refractivity contribution is 7.14. The zero-order chi connectivity index (χ0) is 109. The van der Waals surface area contributed by atoms with Crippen molar-refractivity contribution in [1.29, 1.82) is 0 Å². The molecule has 796 valence electrons. The van der Waals surface area contributed by atoms with Crippen molar-refractivity contribution >= 4 is 123 Å². The van der Waals surface area contributed by atoms with Crippen LogP contribution in [0.25, 0.3) is 0 Å². The van der Waals surface area contributed by atoms with Gasteiger partial charge in [0.1, 0.15) is 34.1 Å². The Balaban J connectivity index is 0.000000235. The molecule has 2 aromatic heterocycles. The van der Waals surface area contributed by atoms with Gasteiger partial charge >= 0.3 is 41.8 Å². The largest absolute Gasteiger partial charge is 0.466 e. The highest BCUT2D eigenvalue weighted by atomic mass is 32.1. The van der Waals surface area contributed by atoms with Gasteiger partial charge < -0.3 is 69.4 Å². The van der Waals surface area contributed by atoms with Gasteiger partial charge in [0.2, 0.25) is 17.7 Å². The van der Waals surface area contributed by atoms with Gasteiger partial charge in [0, 0.05) is 156 Å². The first-order chi connectivity index (χ1) is 71.4. The molecule has 5 heterocycles. The molecule has 0 bridgehead atoms. The van der Waals surface area contributed by atoms with E-state index in [1.807, 2.05) is 102 Å². The summed E-state index contributed by atoms with van der Waals surface area (Å²) in [6, 6.07) is 36.9. The number of nitrogens with zero attached hydrogens (tertiary/aromatic N) is 3. The van der Waals surface area contributed by atoms with E-state index in [2.05, 4.69) is 114 Å². The molecular formula is C113H135FN8O25S2. The number of carbonyl (C=O) groups is 17. The van der Waals surface area contributed by atoms with Crippen LogP contribution in [0.15, 0.2) is 206 Å². The number of nitrogens with one attached hydrogen (secondary N) is 5. The van der Waals surface area contributed by atoms with Gasteiger partial charge in [0.05, 0.1) is 89.3 Å². The fourth-order valence-electron chi connectivity index (χ4n) is 16.8. The van der Waals surface area contributed by atoms with Crippen molar-refractivity contribution in [2.75, 3.05) is 96.1 Å². The van der Waals surface area contributed by atoms with Gasteiger partial charge in [0.15, 0.2) is 5.78 Å². The maximum atomic E-state index is 13.4. The third kappa shape index (κ3) is 39.1. The summed E-state index contributed by atoms with van der Waals surface area (Å²) in [4.78, 5) is 208. The van der Waals surface area contributed by atoms with Crippen LogP contribution in [0.4, 0.5) is 4.39 Å². The van der Waals surface area contributed by atoms with Crippen molar-refractivity contribution in [1.82, 2.24) is 41.4 Å². The van der Waals surface area contributed by atoms with Crippen molar-refractivity contribution in [2.24, 2.45) is 5.92 Å². The van der Waals surface area contributed by atoms with E-state index >= 15 is 0 Å². The molecule has 1 fully saturated rings. The average Bonchev–Trinajstić information content (AvgIpc) is 1.78. The first-order valence-electron chi connectivity index (χ1n) is 48.9. The standard InChI is InChI=1S/C19H24O3.C17H20N2O4.C17H19NO4.C17H21NO3.C16H16FNO4.C14H17NO4S.C13H18N2O3S/c1-13-7-6-9-16-17(13)11-14(2)18(16)12-15(20)8-4-5-10-19(21)22-3;1-3-14(16(21)18-10-6-9-15(20)23-2)19-11-12-7-4-5-8-13(12)17(19)22;1-11-12-6-3-4-7-13(12)14(10-15(11)19)17(21)18-9-5-8-16(20)22-2;1-18-12-14-8-4-3-7-13(14)11-15(18)16(19)9-5-6-10-17(20)21-2;1-22-15(20)3-2-6-18-16(21)14-9-12(19)7-10-4-5-11(17)8-13(10)14;1-18-13(16)5-2-8-15-14(17)12-7-6-11(20-12)10-4-3-9-19-10;1-8(2)13-15-9(3)11(19-13)12(17)14-7-5-6-10(16)18-4/h5-7,9-10,14,18H,4,8,11-12H2,1-3H3;4-9,14H,3,10-11H2,1-2H3,(H,18,21);3-8,11,14H,9-10H2,1-2H3,(H,18,21);3-4,6-8,10,15H,5,9,11-12H2,1-2H3;2-5,8,14H,6-7,9H2,1H3,(H,18,21);2,5-7,10H,3-4,8-9H2,1H3,(H,15,17);5-6,8H,7H2,1-4H3,(H,14,17)/b10-5+;9-6+;8-5+;10-6+;3-2+;5-2+;6-5+. The van der Waals surface area contributed by atoms with Crippen molar-refractivity contribution in [3.63, 3.8) is 0 Å². The number of halogens is 1. The van der Waals surface area contributed by atoms with Gasteiger partial charge in [0.25, 0.3) is 17.7 Å². The lowest BCUT2D eigenvalue weighted by atomic mass is 9.76. The Morgan fingerprint density at radius 2 is 1.02 bits per heavy atom. The molecule has 36 heteroatoms. The van der Waals surface area contributed by atoms with Crippen LogP contribution in [-0.4, -0.2) is 223 Å². The molecule has 5 aromatic carbocycles. The number of hydrogen-bond donors (Lipinski definition) is 5. The zero-order valence-corrected chi connectivity index (χ0v) is 88.6. The Bertz CT molecular complexity index is 6060. The van der Waals surface area contributed by atoms with Crippen molar-refractivity contribution in [3.05, 3.63) is 299 Å². The number of amides is 6. The van der Waals surface area contributed by atoms with Crippen molar-refractivity contribution < 1.29 is 124 Å². The number of thiazole rings is 1. The van der Waals surface area contributed by atoms with Crippen LogP contribution in [0.1, 0.15) is 235 Å². The first kappa shape index (κ1) is 121. The predicted molar refractivity (Wildman–Crippen MR) is 560 cm³/mol. The fraction of sp³-hybridized carbons (Fsp3) is 0.398. The Kier molecular flexibility index (Phi) is 51.8. The third-order valence-electron chi connectivity index (χ3n) is 24.8. The minimum absolute atomic E-state index is 0.0515. The average molecular weight is 2090 g/mol. The molecule has 0 radical (unpaired) electrons. The summed E-state index contributed by atoms with van der Waals surface area (Å²) in [5, 5.41) is 14.4. The van der Waals surface area contributed by atoms with Crippen molar-refractivity contribution in [3.8, 4) is 0 Å². The molecule has 6 amide bonds. The zero-order valence-electron chi connectivity index (χ0n) is 86.9. The minimum Gasteiger partial charge on any atom is -0.466 e. The SMILES string of the molecule is CCC(C(=O)NC/C=C/C(=O)OC)N1Cc2ccccc2C1=O.COC(=O)/C=C/CCC(=O)C1Cc2ccccc2CN1C.COC(=O)/C=C/CCC(=O)CC1c2cccc(C)c2CC1C.COC(=O)/C=C/CNC(=O)C1CC(=O)C(C)c2ccccc21.COC(=O)/C=C/CNC(=O)C1CC(=O)Cc2ccc(F)cc21.COC(=O)/C=C/CNC(=O)c1ccc(C2CCCO2)s1.COC(=O)/C=C/CNC(=O)c1sc(C(C)C)nc1C. The van der Waals surface area contributed by atoms with Crippen LogP contribution in [0, 0.1) is 25.6 Å². The van der Waals surface area contributed by atoms with Crippen LogP contribution in [0.3, 0.4) is 0 Å². The third-order valence-corrected chi connectivity index (χ3v) is 27.5. The summed E-state index contributed by atoms with van der Waals surface area (Å²) in [6.07, 6.45) is 27.8. The number of rotatable bonds is 35. The predicted octanol–water partition coefficient (Wildman–Crippen LogP) is 14.2. The van der Waals surface area contributed by atoms with E-state index in [-0.39, 0.29) is 134 Å². The van der Waals surface area contributed by atoms with Gasteiger partial charge in [-0.3, -0.25) is 52.8 Å². The highest BCUT2D eigenvalue weighted by Crippen LogP contribution is 2.43. The van der Waals surface area contributed by atoms with Crippen LogP contribution in [0.2, 0.25) is 0 Å². The lowest BCUT2D eigenvalue weighted by Gasteiger charge is -2.33. The quantitative estimate of drug-likeness (QED) is 0.0140. The van der Waals surface area contributed by atoms with Crippen LogP contribution in [0.5, 0.6) is 0 Å². The number of methoxy groups -OCH3 is 7. The summed E-state index contributed by atoms with van der Waals surface area (Å²) in [7, 11) is 11.1. The maximum Gasteiger partial charge on any atom is 0.330 e. The van der Waals surface area contributed by atoms with E-state index in [0.717, 1.165) is 71.1 Å². The summed E-state index contributed by atoms with van der Waals surface area (Å²) in [5.74, 6) is -4.42. The summed E-state index contributed by atoms with van der Waals surface area (Å²) in [5.41, 5.74) is 12.1.